The minimum atomic E-state index is 0.0346. The summed E-state index contributed by atoms with van der Waals surface area (Å²) >= 11 is 6.25. The van der Waals surface area contributed by atoms with Gasteiger partial charge in [0.05, 0.1) is 19.8 Å². The maximum atomic E-state index is 12.5. The van der Waals surface area contributed by atoms with E-state index in [9.17, 15) is 4.79 Å². The fraction of sp³-hybridized carbons (Fsp3) is 0.667. The smallest absolute Gasteiger partial charge is 0.234 e. The van der Waals surface area contributed by atoms with E-state index in [1.807, 2.05) is 31.2 Å². The summed E-state index contributed by atoms with van der Waals surface area (Å²) in [7, 11) is 0. The Hall–Kier alpha value is -1.14. The van der Waals surface area contributed by atoms with Gasteiger partial charge in [-0.3, -0.25) is 9.69 Å². The molecular weight excluding hydrogens is 362 g/mol. The van der Waals surface area contributed by atoms with Gasteiger partial charge in [0.15, 0.2) is 0 Å². The molecule has 5 nitrogen and oxygen atoms in total. The van der Waals surface area contributed by atoms with Crippen LogP contribution in [0.15, 0.2) is 24.3 Å². The molecule has 0 spiro atoms. The average Bonchev–Trinajstić information content (AvgIpc) is 2.72. The Morgan fingerprint density at radius 1 is 1.22 bits per heavy atom. The quantitative estimate of drug-likeness (QED) is 0.747. The highest BCUT2D eigenvalue weighted by atomic mass is 35.5. The lowest BCUT2D eigenvalue weighted by atomic mass is 9.79. The molecule has 1 amide bonds. The fourth-order valence-electron chi connectivity index (χ4n) is 4.36. The molecule has 0 aromatic heterocycles. The van der Waals surface area contributed by atoms with Crippen molar-refractivity contribution in [3.05, 3.63) is 34.9 Å². The molecule has 1 aliphatic heterocycles. The fourth-order valence-corrected chi connectivity index (χ4v) is 4.66. The third kappa shape index (κ3) is 5.44. The van der Waals surface area contributed by atoms with E-state index in [4.69, 9.17) is 16.3 Å². The van der Waals surface area contributed by atoms with Crippen LogP contribution in [0, 0.1) is 0 Å². The molecule has 2 aliphatic rings. The van der Waals surface area contributed by atoms with Crippen molar-refractivity contribution in [2.75, 3.05) is 39.4 Å². The second-order valence-electron chi connectivity index (χ2n) is 7.79. The molecule has 1 aromatic carbocycles. The molecule has 1 saturated heterocycles. The Kier molecular flexibility index (Phi) is 7.53. The standard InChI is InChI=1S/C21H32ClN3O2/c1-17(18-7-3-4-8-19(18)22)23-15-20(26)24-16-21(9-5-2-6-10-21)25-11-13-27-14-12-25/h3-4,7-8,17,23H,2,5-6,9-16H2,1H3,(H,24,26)/t17-/m1/s1. The predicted octanol–water partition coefficient (Wildman–Crippen LogP) is 3.14. The lowest BCUT2D eigenvalue weighted by Crippen LogP contribution is -2.60. The molecule has 1 aromatic rings. The number of carbonyl (C=O) groups excluding carboxylic acids is 1. The Morgan fingerprint density at radius 3 is 2.63 bits per heavy atom. The zero-order valence-corrected chi connectivity index (χ0v) is 17.1. The van der Waals surface area contributed by atoms with Crippen molar-refractivity contribution in [1.29, 1.82) is 0 Å². The second-order valence-corrected chi connectivity index (χ2v) is 8.19. The van der Waals surface area contributed by atoms with E-state index < -0.39 is 0 Å². The van der Waals surface area contributed by atoms with Crippen LogP contribution in [0.5, 0.6) is 0 Å². The Morgan fingerprint density at radius 2 is 1.93 bits per heavy atom. The highest BCUT2D eigenvalue weighted by Crippen LogP contribution is 2.33. The Balaban J connectivity index is 1.51. The zero-order valence-electron chi connectivity index (χ0n) is 16.3. The van der Waals surface area contributed by atoms with Gasteiger partial charge < -0.3 is 15.4 Å². The molecular formula is C21H32ClN3O2. The van der Waals surface area contributed by atoms with Crippen LogP contribution in [0.4, 0.5) is 0 Å². The number of benzene rings is 1. The van der Waals surface area contributed by atoms with Gasteiger partial charge in [-0.15, -0.1) is 0 Å². The number of hydrogen-bond donors (Lipinski definition) is 2. The SMILES string of the molecule is C[C@@H](NCC(=O)NCC1(N2CCOCC2)CCCCC1)c1ccccc1Cl. The van der Waals surface area contributed by atoms with Crippen molar-refractivity contribution < 1.29 is 9.53 Å². The van der Waals surface area contributed by atoms with Crippen molar-refractivity contribution >= 4 is 17.5 Å². The number of ether oxygens (including phenoxy) is 1. The first-order valence-electron chi connectivity index (χ1n) is 10.2. The van der Waals surface area contributed by atoms with E-state index >= 15 is 0 Å². The number of nitrogens with zero attached hydrogens (tertiary/aromatic N) is 1. The van der Waals surface area contributed by atoms with Crippen LogP contribution in [-0.4, -0.2) is 55.7 Å². The van der Waals surface area contributed by atoms with Gasteiger partial charge in [-0.05, 0) is 31.4 Å². The highest BCUT2D eigenvalue weighted by Gasteiger charge is 2.38. The van der Waals surface area contributed by atoms with Gasteiger partial charge in [0, 0.05) is 36.2 Å². The number of halogens is 1. The monoisotopic (exact) mass is 393 g/mol. The zero-order chi connectivity index (χ0) is 19.1. The molecule has 3 rings (SSSR count). The Bertz CT molecular complexity index is 613. The van der Waals surface area contributed by atoms with Gasteiger partial charge in [0.25, 0.3) is 0 Å². The van der Waals surface area contributed by atoms with Gasteiger partial charge in [0.1, 0.15) is 0 Å². The van der Waals surface area contributed by atoms with Crippen LogP contribution < -0.4 is 10.6 Å². The lowest BCUT2D eigenvalue weighted by Gasteiger charge is -2.48. The normalized spacial score (nSPS) is 21.6. The van der Waals surface area contributed by atoms with Gasteiger partial charge in [-0.2, -0.15) is 0 Å². The van der Waals surface area contributed by atoms with E-state index in [0.717, 1.165) is 56.3 Å². The topological polar surface area (TPSA) is 53.6 Å². The van der Waals surface area contributed by atoms with Gasteiger partial charge in [0.2, 0.25) is 5.91 Å². The molecule has 0 unspecified atom stereocenters. The number of nitrogens with one attached hydrogen (secondary N) is 2. The van der Waals surface area contributed by atoms with Crippen molar-refractivity contribution in [2.45, 2.75) is 50.6 Å². The van der Waals surface area contributed by atoms with E-state index in [-0.39, 0.29) is 17.5 Å². The predicted molar refractivity (Wildman–Crippen MR) is 109 cm³/mol. The first-order valence-corrected chi connectivity index (χ1v) is 10.6. The molecule has 0 radical (unpaired) electrons. The van der Waals surface area contributed by atoms with Crippen molar-refractivity contribution in [2.24, 2.45) is 0 Å². The summed E-state index contributed by atoms with van der Waals surface area (Å²) in [5, 5.41) is 7.21. The van der Waals surface area contributed by atoms with Crippen molar-refractivity contribution in [3.8, 4) is 0 Å². The summed E-state index contributed by atoms with van der Waals surface area (Å²) in [6, 6.07) is 7.79. The van der Waals surface area contributed by atoms with E-state index in [1.54, 1.807) is 0 Å². The molecule has 2 fully saturated rings. The molecule has 150 valence electrons. The Labute approximate surface area is 167 Å². The number of morpholine rings is 1. The van der Waals surface area contributed by atoms with Crippen molar-refractivity contribution in [3.63, 3.8) is 0 Å². The largest absolute Gasteiger partial charge is 0.379 e. The third-order valence-corrected chi connectivity index (χ3v) is 6.37. The first-order chi connectivity index (χ1) is 13.1. The molecule has 1 heterocycles. The maximum Gasteiger partial charge on any atom is 0.234 e. The number of rotatable bonds is 7. The third-order valence-electron chi connectivity index (χ3n) is 6.02. The van der Waals surface area contributed by atoms with Gasteiger partial charge in [-0.25, -0.2) is 0 Å². The highest BCUT2D eigenvalue weighted by molar-refractivity contribution is 6.31. The summed E-state index contributed by atoms with van der Waals surface area (Å²) in [5.41, 5.74) is 1.12. The van der Waals surface area contributed by atoms with Crippen LogP contribution in [0.1, 0.15) is 50.6 Å². The number of hydrogen-bond acceptors (Lipinski definition) is 4. The minimum absolute atomic E-state index is 0.0346. The number of amides is 1. The van der Waals surface area contributed by atoms with E-state index in [0.29, 0.717) is 6.54 Å². The summed E-state index contributed by atoms with van der Waals surface area (Å²) in [6.07, 6.45) is 6.12. The van der Waals surface area contributed by atoms with Crippen molar-refractivity contribution in [1.82, 2.24) is 15.5 Å². The molecule has 2 N–H and O–H groups in total. The second kappa shape index (κ2) is 9.87. The summed E-state index contributed by atoms with van der Waals surface area (Å²) < 4.78 is 5.53. The van der Waals surface area contributed by atoms with E-state index in [1.165, 1.54) is 19.3 Å². The van der Waals surface area contributed by atoms with Crippen LogP contribution in [0.25, 0.3) is 0 Å². The molecule has 1 saturated carbocycles. The van der Waals surface area contributed by atoms with Gasteiger partial charge in [-0.1, -0.05) is 49.1 Å². The van der Waals surface area contributed by atoms with E-state index in [2.05, 4.69) is 15.5 Å². The summed E-state index contributed by atoms with van der Waals surface area (Å²) in [4.78, 5) is 15.0. The summed E-state index contributed by atoms with van der Waals surface area (Å²) in [6.45, 7) is 6.60. The maximum absolute atomic E-state index is 12.5. The van der Waals surface area contributed by atoms with Crippen LogP contribution in [0.2, 0.25) is 5.02 Å². The molecule has 6 heteroatoms. The number of carbonyl (C=O) groups is 1. The minimum Gasteiger partial charge on any atom is -0.379 e. The average molecular weight is 394 g/mol. The van der Waals surface area contributed by atoms with Crippen LogP contribution >= 0.6 is 11.6 Å². The molecule has 0 bridgehead atoms. The first kappa shape index (κ1) is 20.6. The van der Waals surface area contributed by atoms with Crippen LogP contribution in [0.3, 0.4) is 0 Å². The molecule has 1 aliphatic carbocycles. The molecule has 1 atom stereocenters. The lowest BCUT2D eigenvalue weighted by molar-refractivity contribution is -0.121. The van der Waals surface area contributed by atoms with Gasteiger partial charge >= 0.3 is 0 Å². The van der Waals surface area contributed by atoms with Crippen LogP contribution in [-0.2, 0) is 9.53 Å². The molecule has 27 heavy (non-hydrogen) atoms. The summed E-state index contributed by atoms with van der Waals surface area (Å²) in [5.74, 6) is 0.0483.